The molecule has 1 aliphatic heterocycles. The van der Waals surface area contributed by atoms with Crippen LogP contribution in [0.1, 0.15) is 30.9 Å². The molecule has 3 nitrogen and oxygen atoms in total. The molecule has 0 aliphatic carbocycles. The summed E-state index contributed by atoms with van der Waals surface area (Å²) < 4.78 is 0. The highest BCUT2D eigenvalue weighted by Crippen LogP contribution is 2.29. The van der Waals surface area contributed by atoms with Gasteiger partial charge in [-0.25, -0.2) is 4.98 Å². The SMILES string of the molecule is Cc1nc2c(c(=O)[nH]1)CSC/C2=C/C(C)C. The van der Waals surface area contributed by atoms with Crippen LogP contribution in [0.5, 0.6) is 0 Å². The first kappa shape index (κ1) is 11.5. The molecule has 0 amide bonds. The zero-order chi connectivity index (χ0) is 11.7. The Morgan fingerprint density at radius 1 is 1.44 bits per heavy atom. The van der Waals surface area contributed by atoms with Crippen molar-refractivity contribution in [2.75, 3.05) is 5.75 Å². The Labute approximate surface area is 99.4 Å². The lowest BCUT2D eigenvalue weighted by Gasteiger charge is -2.18. The van der Waals surface area contributed by atoms with E-state index >= 15 is 0 Å². The smallest absolute Gasteiger partial charge is 0.255 e. The topological polar surface area (TPSA) is 45.8 Å². The lowest BCUT2D eigenvalue weighted by Crippen LogP contribution is -2.21. The van der Waals surface area contributed by atoms with Crippen molar-refractivity contribution in [1.82, 2.24) is 9.97 Å². The third-order valence-electron chi connectivity index (χ3n) is 2.48. The number of hydrogen-bond acceptors (Lipinski definition) is 3. The minimum Gasteiger partial charge on any atom is -0.310 e. The summed E-state index contributed by atoms with van der Waals surface area (Å²) in [5.74, 6) is 2.92. The number of thioether (sulfide) groups is 1. The fraction of sp³-hybridized carbons (Fsp3) is 0.500. The summed E-state index contributed by atoms with van der Waals surface area (Å²) in [4.78, 5) is 19.0. The number of aromatic amines is 1. The van der Waals surface area contributed by atoms with Crippen LogP contribution >= 0.6 is 11.8 Å². The summed E-state index contributed by atoms with van der Waals surface area (Å²) in [6.45, 7) is 6.12. The summed E-state index contributed by atoms with van der Waals surface area (Å²) in [6.07, 6.45) is 2.21. The quantitative estimate of drug-likeness (QED) is 0.814. The summed E-state index contributed by atoms with van der Waals surface area (Å²) >= 11 is 1.78. The second kappa shape index (κ2) is 4.45. The van der Waals surface area contributed by atoms with Crippen LogP contribution in [0, 0.1) is 12.8 Å². The molecule has 1 aliphatic rings. The minimum absolute atomic E-state index is 0.0179. The largest absolute Gasteiger partial charge is 0.310 e. The van der Waals surface area contributed by atoms with Crippen LogP contribution in [0.2, 0.25) is 0 Å². The molecule has 0 saturated carbocycles. The van der Waals surface area contributed by atoms with Crippen molar-refractivity contribution < 1.29 is 0 Å². The van der Waals surface area contributed by atoms with Gasteiger partial charge in [0.15, 0.2) is 0 Å². The molecule has 16 heavy (non-hydrogen) atoms. The standard InChI is InChI=1S/C12H16N2OS/c1-7(2)4-9-5-16-6-10-11(9)13-8(3)14-12(10)15/h4,7H,5-6H2,1-3H3,(H,13,14,15)/b9-4-. The van der Waals surface area contributed by atoms with Gasteiger partial charge in [0, 0.05) is 11.5 Å². The van der Waals surface area contributed by atoms with Crippen molar-refractivity contribution in [3.05, 3.63) is 33.5 Å². The van der Waals surface area contributed by atoms with Gasteiger partial charge in [0.1, 0.15) is 5.82 Å². The first-order valence-electron chi connectivity index (χ1n) is 5.46. The fourth-order valence-corrected chi connectivity index (χ4v) is 2.90. The van der Waals surface area contributed by atoms with E-state index in [-0.39, 0.29) is 5.56 Å². The average molecular weight is 236 g/mol. The van der Waals surface area contributed by atoms with E-state index in [4.69, 9.17) is 0 Å². The van der Waals surface area contributed by atoms with Crippen molar-refractivity contribution in [2.45, 2.75) is 26.5 Å². The van der Waals surface area contributed by atoms with Crippen molar-refractivity contribution >= 4 is 17.3 Å². The molecule has 0 bridgehead atoms. The molecule has 0 radical (unpaired) electrons. The number of allylic oxidation sites excluding steroid dienone is 1. The first-order chi connectivity index (χ1) is 7.58. The predicted molar refractivity (Wildman–Crippen MR) is 68.6 cm³/mol. The van der Waals surface area contributed by atoms with Crippen molar-refractivity contribution in [1.29, 1.82) is 0 Å². The molecule has 4 heteroatoms. The van der Waals surface area contributed by atoms with Crippen molar-refractivity contribution in [2.24, 2.45) is 5.92 Å². The molecule has 86 valence electrons. The third kappa shape index (κ3) is 2.21. The van der Waals surface area contributed by atoms with Gasteiger partial charge < -0.3 is 4.98 Å². The maximum absolute atomic E-state index is 11.8. The Morgan fingerprint density at radius 3 is 2.88 bits per heavy atom. The molecule has 2 rings (SSSR count). The van der Waals surface area contributed by atoms with Crippen LogP contribution in [0.3, 0.4) is 0 Å². The molecule has 1 N–H and O–H groups in total. The highest BCUT2D eigenvalue weighted by Gasteiger charge is 2.19. The molecule has 1 aromatic heterocycles. The fourth-order valence-electron chi connectivity index (χ4n) is 1.87. The van der Waals surface area contributed by atoms with E-state index in [9.17, 15) is 4.79 Å². The molecule has 1 aromatic rings. The van der Waals surface area contributed by atoms with Gasteiger partial charge in [-0.2, -0.15) is 11.8 Å². The van der Waals surface area contributed by atoms with Gasteiger partial charge in [-0.05, 0) is 18.4 Å². The summed E-state index contributed by atoms with van der Waals surface area (Å²) in [7, 11) is 0. The lowest BCUT2D eigenvalue weighted by atomic mass is 10.0. The maximum Gasteiger partial charge on any atom is 0.255 e. The zero-order valence-electron chi connectivity index (χ0n) is 9.83. The Morgan fingerprint density at radius 2 is 2.19 bits per heavy atom. The summed E-state index contributed by atoms with van der Waals surface area (Å²) in [6, 6.07) is 0. The Kier molecular flexibility index (Phi) is 3.19. The van der Waals surface area contributed by atoms with Crippen LogP contribution in [-0.4, -0.2) is 15.7 Å². The van der Waals surface area contributed by atoms with Crippen LogP contribution in [-0.2, 0) is 5.75 Å². The van der Waals surface area contributed by atoms with E-state index < -0.39 is 0 Å². The van der Waals surface area contributed by atoms with Gasteiger partial charge in [-0.15, -0.1) is 0 Å². The van der Waals surface area contributed by atoms with E-state index in [1.165, 1.54) is 5.57 Å². The summed E-state index contributed by atoms with van der Waals surface area (Å²) in [5.41, 5.74) is 2.96. The van der Waals surface area contributed by atoms with Crippen molar-refractivity contribution in [3.8, 4) is 0 Å². The second-order valence-electron chi connectivity index (χ2n) is 4.41. The molecule has 0 saturated heterocycles. The van der Waals surface area contributed by atoms with Gasteiger partial charge in [0.05, 0.1) is 11.3 Å². The number of H-pyrrole nitrogens is 1. The predicted octanol–water partition coefficient (Wildman–Crippen LogP) is 2.36. The molecular weight excluding hydrogens is 220 g/mol. The monoisotopic (exact) mass is 236 g/mol. The second-order valence-corrected chi connectivity index (χ2v) is 5.39. The molecular formula is C12H16N2OS. The number of nitrogens with zero attached hydrogens (tertiary/aromatic N) is 1. The molecule has 0 spiro atoms. The van der Waals surface area contributed by atoms with E-state index in [1.807, 2.05) is 6.92 Å². The zero-order valence-corrected chi connectivity index (χ0v) is 10.6. The number of nitrogens with one attached hydrogen (secondary N) is 1. The van der Waals surface area contributed by atoms with Gasteiger partial charge in [-0.1, -0.05) is 19.9 Å². The number of aryl methyl sites for hydroxylation is 1. The lowest BCUT2D eigenvalue weighted by molar-refractivity contribution is 0.830. The van der Waals surface area contributed by atoms with Gasteiger partial charge in [0.25, 0.3) is 5.56 Å². The molecule has 0 unspecified atom stereocenters. The molecule has 0 aromatic carbocycles. The summed E-state index contributed by atoms with van der Waals surface area (Å²) in [5, 5.41) is 0. The van der Waals surface area contributed by atoms with Crippen LogP contribution in [0.4, 0.5) is 0 Å². The van der Waals surface area contributed by atoms with E-state index in [2.05, 4.69) is 29.9 Å². The Hall–Kier alpha value is -1.03. The Bertz CT molecular complexity index is 488. The van der Waals surface area contributed by atoms with E-state index in [0.29, 0.717) is 11.7 Å². The molecule has 0 fully saturated rings. The normalized spacial score (nSPS) is 17.9. The average Bonchev–Trinajstić information content (AvgIpc) is 2.18. The van der Waals surface area contributed by atoms with E-state index in [0.717, 1.165) is 22.8 Å². The first-order valence-corrected chi connectivity index (χ1v) is 6.62. The van der Waals surface area contributed by atoms with Crippen LogP contribution in [0.15, 0.2) is 10.9 Å². The highest BCUT2D eigenvalue weighted by molar-refractivity contribution is 7.99. The van der Waals surface area contributed by atoms with Crippen molar-refractivity contribution in [3.63, 3.8) is 0 Å². The number of rotatable bonds is 1. The number of aromatic nitrogens is 2. The third-order valence-corrected chi connectivity index (χ3v) is 3.48. The van der Waals surface area contributed by atoms with Crippen LogP contribution in [0.25, 0.3) is 5.57 Å². The molecule has 0 atom stereocenters. The number of hydrogen-bond donors (Lipinski definition) is 1. The highest BCUT2D eigenvalue weighted by atomic mass is 32.2. The molecule has 2 heterocycles. The minimum atomic E-state index is 0.0179. The van der Waals surface area contributed by atoms with E-state index in [1.54, 1.807) is 11.8 Å². The Balaban J connectivity index is 2.58. The van der Waals surface area contributed by atoms with Gasteiger partial charge >= 0.3 is 0 Å². The number of fused-ring (bicyclic) bond motifs is 1. The van der Waals surface area contributed by atoms with Gasteiger partial charge in [0.2, 0.25) is 0 Å². The maximum atomic E-state index is 11.8. The van der Waals surface area contributed by atoms with Crippen LogP contribution < -0.4 is 5.56 Å². The van der Waals surface area contributed by atoms with Gasteiger partial charge in [-0.3, -0.25) is 4.79 Å².